The van der Waals surface area contributed by atoms with E-state index in [9.17, 15) is 4.79 Å². The summed E-state index contributed by atoms with van der Waals surface area (Å²) in [6.07, 6.45) is 1.42. The van der Waals surface area contributed by atoms with Crippen molar-refractivity contribution in [2.45, 2.75) is 6.92 Å². The summed E-state index contributed by atoms with van der Waals surface area (Å²) < 4.78 is 10.9. The minimum absolute atomic E-state index is 0.251. The van der Waals surface area contributed by atoms with Gasteiger partial charge in [0.2, 0.25) is 5.88 Å². The minimum atomic E-state index is -0.546. The number of carbonyl (C=O) groups excluding carboxylic acids is 1. The van der Waals surface area contributed by atoms with Crippen molar-refractivity contribution in [1.82, 2.24) is 10.1 Å². The van der Waals surface area contributed by atoms with Gasteiger partial charge in [-0.2, -0.15) is 0 Å². The predicted molar refractivity (Wildman–Crippen MR) is 130 cm³/mol. The zero-order valence-corrected chi connectivity index (χ0v) is 19.9. The zero-order valence-electron chi connectivity index (χ0n) is 16.8. The summed E-state index contributed by atoms with van der Waals surface area (Å²) in [4.78, 5) is 16.8. The molecule has 4 aromatic rings. The highest BCUT2D eigenvalue weighted by atomic mass is 35.5. The fraction of sp³-hybridized carbons (Fsp3) is 0.0455. The second kappa shape index (κ2) is 9.89. The number of carbonyl (C=O) groups is 1. The van der Waals surface area contributed by atoms with E-state index in [4.69, 9.17) is 55.7 Å². The topological polar surface area (TPSA) is 89.3 Å². The summed E-state index contributed by atoms with van der Waals surface area (Å²) in [5.74, 6) is 0.927. The molecule has 7 nitrogen and oxygen atoms in total. The Bertz CT molecular complexity index is 1290. The lowest BCUT2D eigenvalue weighted by molar-refractivity contribution is 0.262. The van der Waals surface area contributed by atoms with Crippen molar-refractivity contribution < 1.29 is 14.1 Å². The SMILES string of the molecule is Cc1onc(-c2c(Cl)cccc2Cl)c1NC(=O)Nc1ccc(Oc2c(Cl)cccc2Cl)nc1. The molecule has 11 heteroatoms. The highest BCUT2D eigenvalue weighted by Gasteiger charge is 2.21. The maximum Gasteiger partial charge on any atom is 0.323 e. The molecule has 0 unspecified atom stereocenters. The van der Waals surface area contributed by atoms with Gasteiger partial charge in [0, 0.05) is 11.6 Å². The van der Waals surface area contributed by atoms with Gasteiger partial charge in [-0.25, -0.2) is 9.78 Å². The molecule has 0 aliphatic carbocycles. The Hall–Kier alpha value is -2.97. The van der Waals surface area contributed by atoms with Crippen LogP contribution in [0.15, 0.2) is 59.3 Å². The number of aromatic nitrogens is 2. The van der Waals surface area contributed by atoms with Crippen LogP contribution < -0.4 is 15.4 Å². The second-order valence-corrected chi connectivity index (χ2v) is 8.30. The lowest BCUT2D eigenvalue weighted by Gasteiger charge is -2.11. The van der Waals surface area contributed by atoms with Gasteiger partial charge < -0.3 is 19.9 Å². The molecule has 2 aromatic heterocycles. The van der Waals surface area contributed by atoms with Crippen LogP contribution in [0.25, 0.3) is 11.3 Å². The Morgan fingerprint density at radius 1 is 0.909 bits per heavy atom. The molecule has 0 radical (unpaired) electrons. The van der Waals surface area contributed by atoms with Crippen LogP contribution in [0.2, 0.25) is 20.1 Å². The van der Waals surface area contributed by atoms with Gasteiger partial charge in [-0.3, -0.25) is 0 Å². The van der Waals surface area contributed by atoms with E-state index in [1.54, 1.807) is 55.5 Å². The molecular formula is C22H14Cl4N4O3. The summed E-state index contributed by atoms with van der Waals surface area (Å²) in [6, 6.07) is 12.7. The average molecular weight is 524 g/mol. The quantitative estimate of drug-likeness (QED) is 0.276. The highest BCUT2D eigenvalue weighted by Crippen LogP contribution is 2.39. The Kier molecular flexibility index (Phi) is 6.95. The Balaban J connectivity index is 1.48. The number of benzene rings is 2. The van der Waals surface area contributed by atoms with Gasteiger partial charge >= 0.3 is 6.03 Å². The molecule has 2 amide bonds. The molecular weight excluding hydrogens is 510 g/mol. The molecule has 0 saturated carbocycles. The Labute approximate surface area is 208 Å². The van der Waals surface area contributed by atoms with Crippen molar-refractivity contribution in [2.75, 3.05) is 10.6 Å². The third-order valence-electron chi connectivity index (χ3n) is 4.42. The maximum atomic E-state index is 12.6. The van der Waals surface area contributed by atoms with Crippen LogP contribution in [0.5, 0.6) is 11.6 Å². The van der Waals surface area contributed by atoms with Gasteiger partial charge in [0.25, 0.3) is 0 Å². The fourth-order valence-electron chi connectivity index (χ4n) is 2.89. The molecule has 0 bridgehead atoms. The van der Waals surface area contributed by atoms with E-state index in [1.165, 1.54) is 6.20 Å². The molecule has 2 N–H and O–H groups in total. The summed E-state index contributed by atoms with van der Waals surface area (Å²) in [6.45, 7) is 1.66. The van der Waals surface area contributed by atoms with Gasteiger partial charge in [0.15, 0.2) is 11.5 Å². The smallest absolute Gasteiger partial charge is 0.323 e. The molecule has 168 valence electrons. The molecule has 0 spiro atoms. The van der Waals surface area contributed by atoms with Crippen LogP contribution in [0, 0.1) is 6.92 Å². The van der Waals surface area contributed by atoms with Gasteiger partial charge in [-0.05, 0) is 37.3 Å². The van der Waals surface area contributed by atoms with Gasteiger partial charge in [0.05, 0.1) is 32.0 Å². The fourth-order valence-corrected chi connectivity index (χ4v) is 3.94. The predicted octanol–water partition coefficient (Wildman–Crippen LogP) is 8.09. The molecule has 0 saturated heterocycles. The lowest BCUT2D eigenvalue weighted by Crippen LogP contribution is -2.20. The molecule has 2 aromatic carbocycles. The number of halogens is 4. The van der Waals surface area contributed by atoms with Crippen molar-refractivity contribution in [3.05, 3.63) is 80.6 Å². The number of amides is 2. The second-order valence-electron chi connectivity index (χ2n) is 6.68. The standard InChI is InChI=1S/C22H14Cl4N4O3/c1-11-19(20(30-33-11)18-13(23)4-2-5-14(18)24)29-22(31)28-12-8-9-17(27-10-12)32-21-15(25)6-3-7-16(21)26/h2-10H,1H3,(H2,28,29,31). The third kappa shape index (κ3) is 5.17. The normalized spacial score (nSPS) is 10.7. The number of nitrogens with one attached hydrogen (secondary N) is 2. The molecule has 0 atom stereocenters. The van der Waals surface area contributed by atoms with Crippen molar-refractivity contribution in [2.24, 2.45) is 0 Å². The summed E-state index contributed by atoms with van der Waals surface area (Å²) in [7, 11) is 0. The summed E-state index contributed by atoms with van der Waals surface area (Å²) in [5.41, 5.74) is 1.52. The molecule has 33 heavy (non-hydrogen) atoms. The molecule has 4 rings (SSSR count). The number of anilines is 2. The number of para-hydroxylation sites is 1. The number of ether oxygens (including phenoxy) is 1. The largest absolute Gasteiger partial charge is 0.436 e. The average Bonchev–Trinajstić information content (AvgIpc) is 3.12. The zero-order chi connectivity index (χ0) is 23.5. The molecule has 0 aliphatic heterocycles. The Morgan fingerprint density at radius 2 is 1.55 bits per heavy atom. The van der Waals surface area contributed by atoms with Gasteiger partial charge in [-0.15, -0.1) is 0 Å². The highest BCUT2D eigenvalue weighted by molar-refractivity contribution is 6.39. The van der Waals surface area contributed by atoms with Crippen LogP contribution in [-0.4, -0.2) is 16.2 Å². The van der Waals surface area contributed by atoms with E-state index in [0.717, 1.165) is 0 Å². The number of pyridine rings is 1. The minimum Gasteiger partial charge on any atom is -0.436 e. The number of rotatable bonds is 5. The first-order valence-electron chi connectivity index (χ1n) is 9.40. The first kappa shape index (κ1) is 23.2. The number of nitrogens with zero attached hydrogens (tertiary/aromatic N) is 2. The maximum absolute atomic E-state index is 12.6. The van der Waals surface area contributed by atoms with E-state index >= 15 is 0 Å². The van der Waals surface area contributed by atoms with Gasteiger partial charge in [-0.1, -0.05) is 63.7 Å². The monoisotopic (exact) mass is 522 g/mol. The first-order chi connectivity index (χ1) is 15.8. The van der Waals surface area contributed by atoms with Crippen LogP contribution in [0.1, 0.15) is 5.76 Å². The van der Waals surface area contributed by atoms with Crippen molar-refractivity contribution in [3.8, 4) is 22.9 Å². The molecule has 0 fully saturated rings. The molecule has 2 heterocycles. The number of hydrogen-bond acceptors (Lipinski definition) is 5. The van der Waals surface area contributed by atoms with E-state index in [1.807, 2.05) is 0 Å². The van der Waals surface area contributed by atoms with E-state index in [-0.39, 0.29) is 5.88 Å². The van der Waals surface area contributed by atoms with Crippen molar-refractivity contribution in [1.29, 1.82) is 0 Å². The van der Waals surface area contributed by atoms with Crippen molar-refractivity contribution in [3.63, 3.8) is 0 Å². The summed E-state index contributed by atoms with van der Waals surface area (Å²) in [5, 5.41) is 10.8. The van der Waals surface area contributed by atoms with Crippen LogP contribution in [0.4, 0.5) is 16.2 Å². The molecule has 0 aliphatic rings. The van der Waals surface area contributed by atoms with Crippen LogP contribution in [0.3, 0.4) is 0 Å². The van der Waals surface area contributed by atoms with Gasteiger partial charge in [0.1, 0.15) is 11.4 Å². The Morgan fingerprint density at radius 3 is 2.15 bits per heavy atom. The number of urea groups is 1. The van der Waals surface area contributed by atoms with E-state index in [0.29, 0.717) is 54.2 Å². The van der Waals surface area contributed by atoms with Crippen molar-refractivity contribution >= 4 is 63.8 Å². The first-order valence-corrected chi connectivity index (χ1v) is 10.9. The number of hydrogen-bond donors (Lipinski definition) is 2. The van der Waals surface area contributed by atoms with Crippen LogP contribution in [-0.2, 0) is 0 Å². The number of aryl methyl sites for hydroxylation is 1. The van der Waals surface area contributed by atoms with E-state index < -0.39 is 6.03 Å². The van der Waals surface area contributed by atoms with E-state index in [2.05, 4.69) is 20.8 Å². The summed E-state index contributed by atoms with van der Waals surface area (Å²) >= 11 is 24.8. The third-order valence-corrected chi connectivity index (χ3v) is 5.65. The lowest BCUT2D eigenvalue weighted by atomic mass is 10.1. The van der Waals surface area contributed by atoms with Crippen LogP contribution >= 0.6 is 46.4 Å².